The van der Waals surface area contributed by atoms with E-state index in [9.17, 15) is 4.79 Å². The van der Waals surface area contributed by atoms with Crippen LogP contribution in [0.1, 0.15) is 12.0 Å². The Kier molecular flexibility index (Phi) is 5.31. The predicted octanol–water partition coefficient (Wildman–Crippen LogP) is 3.04. The molecule has 2 N–H and O–H groups in total. The number of hydrazone groups is 1. The van der Waals surface area contributed by atoms with Gasteiger partial charge >= 0.3 is 0 Å². The number of aromatic nitrogens is 3. The number of rotatable bonds is 5. The zero-order chi connectivity index (χ0) is 19.5. The highest BCUT2D eigenvalue weighted by molar-refractivity contribution is 7.99. The molecule has 1 aliphatic heterocycles. The van der Waals surface area contributed by atoms with E-state index in [2.05, 4.69) is 15.3 Å². The third-order valence-corrected chi connectivity index (χ3v) is 5.43. The highest BCUT2D eigenvalue weighted by Gasteiger charge is 2.22. The zero-order valence-corrected chi connectivity index (χ0v) is 16.4. The minimum absolute atomic E-state index is 0.0942. The van der Waals surface area contributed by atoms with Crippen molar-refractivity contribution in [3.05, 3.63) is 65.2 Å². The van der Waals surface area contributed by atoms with Crippen LogP contribution < -0.4 is 5.84 Å². The number of nitrogen functional groups attached to an aromatic ring is 1. The fourth-order valence-corrected chi connectivity index (χ4v) is 3.79. The molecule has 28 heavy (non-hydrogen) atoms. The molecule has 0 unspecified atom stereocenters. The standard InChI is InChI=1S/C19H17ClN6OS/c20-15-8-4-7-14(11-15)18-22-23-19(26(18)21)28-12-17(27)25-10-9-16(24-25)13-5-2-1-3-6-13/h1-8,11H,9-10,12,21H2. The van der Waals surface area contributed by atoms with Crippen LogP contribution in [0.5, 0.6) is 0 Å². The number of carbonyl (C=O) groups is 1. The van der Waals surface area contributed by atoms with Crippen LogP contribution >= 0.6 is 23.4 Å². The van der Waals surface area contributed by atoms with Gasteiger partial charge in [0.25, 0.3) is 5.91 Å². The summed E-state index contributed by atoms with van der Waals surface area (Å²) in [4.78, 5) is 12.5. The van der Waals surface area contributed by atoms with Crippen molar-refractivity contribution in [2.24, 2.45) is 5.10 Å². The first-order valence-electron chi connectivity index (χ1n) is 8.64. The Morgan fingerprint density at radius 2 is 1.89 bits per heavy atom. The number of hydrogen-bond donors (Lipinski definition) is 1. The Bertz CT molecular complexity index is 1040. The van der Waals surface area contributed by atoms with Gasteiger partial charge in [-0.15, -0.1) is 10.2 Å². The van der Waals surface area contributed by atoms with Crippen LogP contribution in [0, 0.1) is 0 Å². The van der Waals surface area contributed by atoms with Gasteiger partial charge in [0.1, 0.15) is 0 Å². The zero-order valence-electron chi connectivity index (χ0n) is 14.8. The van der Waals surface area contributed by atoms with E-state index >= 15 is 0 Å². The van der Waals surface area contributed by atoms with Crippen molar-refractivity contribution in [3.63, 3.8) is 0 Å². The summed E-state index contributed by atoms with van der Waals surface area (Å²) in [6.07, 6.45) is 0.742. The van der Waals surface area contributed by atoms with Crippen LogP contribution in [0.2, 0.25) is 5.02 Å². The van der Waals surface area contributed by atoms with Gasteiger partial charge < -0.3 is 5.84 Å². The summed E-state index contributed by atoms with van der Waals surface area (Å²) in [5.41, 5.74) is 2.72. The monoisotopic (exact) mass is 412 g/mol. The Morgan fingerprint density at radius 3 is 2.68 bits per heavy atom. The smallest absolute Gasteiger partial charge is 0.253 e. The molecule has 2 aromatic carbocycles. The minimum Gasteiger partial charge on any atom is -0.335 e. The maximum Gasteiger partial charge on any atom is 0.253 e. The second kappa shape index (κ2) is 8.04. The van der Waals surface area contributed by atoms with Gasteiger partial charge in [-0.05, 0) is 17.7 Å². The van der Waals surface area contributed by atoms with Gasteiger partial charge in [-0.3, -0.25) is 4.79 Å². The molecule has 0 saturated carbocycles. The lowest BCUT2D eigenvalue weighted by atomic mass is 10.1. The molecule has 3 aromatic rings. The summed E-state index contributed by atoms with van der Waals surface area (Å²) in [7, 11) is 0. The lowest BCUT2D eigenvalue weighted by Gasteiger charge is -2.10. The van der Waals surface area contributed by atoms with Crippen LogP contribution in [0.3, 0.4) is 0 Å². The molecule has 0 bridgehead atoms. The first kappa shape index (κ1) is 18.5. The molecule has 2 heterocycles. The van der Waals surface area contributed by atoms with Gasteiger partial charge in [0.2, 0.25) is 5.16 Å². The van der Waals surface area contributed by atoms with Gasteiger partial charge in [0.05, 0.1) is 18.0 Å². The predicted molar refractivity (Wildman–Crippen MR) is 111 cm³/mol. The Balaban J connectivity index is 1.41. The van der Waals surface area contributed by atoms with Crippen molar-refractivity contribution in [2.75, 3.05) is 18.1 Å². The number of amides is 1. The molecule has 0 saturated heterocycles. The molecular weight excluding hydrogens is 396 g/mol. The molecule has 0 radical (unpaired) electrons. The van der Waals surface area contributed by atoms with Gasteiger partial charge in [-0.25, -0.2) is 9.69 Å². The molecule has 9 heteroatoms. The largest absolute Gasteiger partial charge is 0.335 e. The normalized spacial score (nSPS) is 13.6. The number of carbonyl (C=O) groups excluding carboxylic acids is 1. The highest BCUT2D eigenvalue weighted by atomic mass is 35.5. The van der Waals surface area contributed by atoms with E-state index in [1.165, 1.54) is 21.4 Å². The Morgan fingerprint density at radius 1 is 1.11 bits per heavy atom. The number of nitrogens with two attached hydrogens (primary N) is 1. The molecule has 0 aliphatic carbocycles. The van der Waals surface area contributed by atoms with Crippen LogP contribution in [0.4, 0.5) is 0 Å². The third kappa shape index (κ3) is 3.88. The van der Waals surface area contributed by atoms with Crippen molar-refractivity contribution in [3.8, 4) is 11.4 Å². The van der Waals surface area contributed by atoms with Crippen molar-refractivity contribution in [1.29, 1.82) is 0 Å². The maximum atomic E-state index is 12.5. The van der Waals surface area contributed by atoms with E-state index in [-0.39, 0.29) is 11.7 Å². The first-order chi connectivity index (χ1) is 13.6. The molecule has 4 rings (SSSR count). The Labute approximate surface area is 171 Å². The molecule has 0 fully saturated rings. The van der Waals surface area contributed by atoms with E-state index in [0.29, 0.717) is 22.5 Å². The number of hydrogen-bond acceptors (Lipinski definition) is 6. The second-order valence-corrected chi connectivity index (χ2v) is 7.53. The van der Waals surface area contributed by atoms with Crippen molar-refractivity contribution < 1.29 is 4.79 Å². The topological polar surface area (TPSA) is 89.4 Å². The molecule has 0 atom stereocenters. The van der Waals surface area contributed by atoms with E-state index in [4.69, 9.17) is 17.4 Å². The van der Waals surface area contributed by atoms with Crippen molar-refractivity contribution in [2.45, 2.75) is 11.6 Å². The lowest BCUT2D eigenvalue weighted by Crippen LogP contribution is -2.25. The summed E-state index contributed by atoms with van der Waals surface area (Å²) in [5, 5.41) is 15.2. The van der Waals surface area contributed by atoms with Crippen LogP contribution in [-0.4, -0.2) is 43.8 Å². The van der Waals surface area contributed by atoms with Gasteiger partial charge in [0, 0.05) is 17.0 Å². The number of nitrogens with zero attached hydrogens (tertiary/aromatic N) is 5. The van der Waals surface area contributed by atoms with Crippen molar-refractivity contribution >= 4 is 35.0 Å². The van der Waals surface area contributed by atoms with E-state index < -0.39 is 0 Å². The number of thioether (sulfide) groups is 1. The molecule has 1 aromatic heterocycles. The lowest BCUT2D eigenvalue weighted by molar-refractivity contribution is -0.127. The van der Waals surface area contributed by atoms with Crippen LogP contribution in [-0.2, 0) is 4.79 Å². The summed E-state index contributed by atoms with van der Waals surface area (Å²) in [5.74, 6) is 6.67. The highest BCUT2D eigenvalue weighted by Crippen LogP contribution is 2.24. The molecule has 142 valence electrons. The fraction of sp³-hybridized carbons (Fsp3) is 0.158. The summed E-state index contributed by atoms with van der Waals surface area (Å²) < 4.78 is 1.37. The maximum absolute atomic E-state index is 12.5. The van der Waals surface area contributed by atoms with Gasteiger partial charge in [-0.2, -0.15) is 5.10 Å². The first-order valence-corrected chi connectivity index (χ1v) is 10.0. The van der Waals surface area contributed by atoms with Crippen LogP contribution in [0.25, 0.3) is 11.4 Å². The van der Waals surface area contributed by atoms with E-state index in [0.717, 1.165) is 23.3 Å². The summed E-state index contributed by atoms with van der Waals surface area (Å²) in [6, 6.07) is 17.1. The fourth-order valence-electron chi connectivity index (χ4n) is 2.87. The number of halogens is 1. The minimum atomic E-state index is -0.0942. The van der Waals surface area contributed by atoms with E-state index in [1.54, 1.807) is 12.1 Å². The van der Waals surface area contributed by atoms with E-state index in [1.807, 2.05) is 42.5 Å². The molecule has 0 spiro atoms. The van der Waals surface area contributed by atoms with Gasteiger partial charge in [0.15, 0.2) is 5.82 Å². The van der Waals surface area contributed by atoms with Crippen molar-refractivity contribution in [1.82, 2.24) is 19.9 Å². The molecule has 1 amide bonds. The molecular formula is C19H17ClN6OS. The average molecular weight is 413 g/mol. The Hall–Kier alpha value is -2.84. The molecule has 7 nitrogen and oxygen atoms in total. The van der Waals surface area contributed by atoms with Crippen LogP contribution in [0.15, 0.2) is 64.9 Å². The summed E-state index contributed by atoms with van der Waals surface area (Å²) >= 11 is 7.25. The second-order valence-electron chi connectivity index (χ2n) is 6.15. The molecule has 1 aliphatic rings. The number of benzene rings is 2. The SMILES string of the molecule is Nn1c(SCC(=O)N2CCC(c3ccccc3)=N2)nnc1-c1cccc(Cl)c1. The van der Waals surface area contributed by atoms with Gasteiger partial charge in [-0.1, -0.05) is 65.8 Å². The quantitative estimate of drug-likeness (QED) is 0.514. The summed E-state index contributed by atoms with van der Waals surface area (Å²) in [6.45, 7) is 0.576. The third-order valence-electron chi connectivity index (χ3n) is 4.27. The average Bonchev–Trinajstić information content (AvgIpc) is 3.34.